The summed E-state index contributed by atoms with van der Waals surface area (Å²) in [5, 5.41) is 10.5. The molecule has 0 aliphatic heterocycles. The molecule has 0 aliphatic carbocycles. The van der Waals surface area contributed by atoms with Crippen LogP contribution in [0.3, 0.4) is 0 Å². The minimum absolute atomic E-state index is 0. The number of hydrogen-bond acceptors (Lipinski definition) is 1. The second-order valence-corrected chi connectivity index (χ2v) is 8.96. The van der Waals surface area contributed by atoms with Gasteiger partial charge in [-0.1, -0.05) is 60.2 Å². The number of benzene rings is 5. The molecule has 0 saturated heterocycles. The van der Waals surface area contributed by atoms with E-state index >= 15 is 0 Å². The summed E-state index contributed by atoms with van der Waals surface area (Å²) in [6.07, 6.45) is 0. The zero-order valence-electron chi connectivity index (χ0n) is 19.9. The van der Waals surface area contributed by atoms with Crippen LogP contribution in [-0.2, 0) is 17.1 Å². The second kappa shape index (κ2) is 9.95. The SMILES string of the molecule is CC(=O)[c-]1cccc1.[Fe].c1ccc2cc3c(ccc4c(-[c-]5[cH-][cH-][cH-][cH-]5)c5ccccc5cc43)cc2c1. The van der Waals surface area contributed by atoms with Gasteiger partial charge in [0.15, 0.2) is 0 Å². The molecule has 0 aromatic heterocycles. The minimum atomic E-state index is 0. The molecule has 0 bridgehead atoms. The van der Waals surface area contributed by atoms with Gasteiger partial charge in [-0.2, -0.15) is 24.3 Å². The van der Waals surface area contributed by atoms with Crippen molar-refractivity contribution in [1.29, 1.82) is 0 Å². The molecule has 0 saturated carbocycles. The van der Waals surface area contributed by atoms with Crippen molar-refractivity contribution in [2.24, 2.45) is 0 Å². The van der Waals surface area contributed by atoms with E-state index in [1.54, 1.807) is 6.92 Å². The first kappa shape index (κ1) is 23.8. The molecule has 0 spiro atoms. The van der Waals surface area contributed by atoms with Gasteiger partial charge in [0.05, 0.1) is 0 Å². The molecular weight excluding hydrogens is 480 g/mol. The van der Waals surface area contributed by atoms with Crippen molar-refractivity contribution in [3.8, 4) is 11.1 Å². The van der Waals surface area contributed by atoms with Crippen molar-refractivity contribution in [3.63, 3.8) is 0 Å². The molecule has 7 aromatic rings. The number of rotatable bonds is 2. The van der Waals surface area contributed by atoms with Gasteiger partial charge in [0.2, 0.25) is 0 Å². The number of ketones is 1. The molecule has 7 aromatic carbocycles. The van der Waals surface area contributed by atoms with Crippen molar-refractivity contribution in [3.05, 3.63) is 133 Å². The quantitative estimate of drug-likeness (QED) is 0.0754. The smallest absolute Gasteiger partial charge is 0.105 e. The van der Waals surface area contributed by atoms with E-state index in [-0.39, 0.29) is 22.9 Å². The Morgan fingerprint density at radius 2 is 1.19 bits per heavy atom. The van der Waals surface area contributed by atoms with E-state index in [9.17, 15) is 4.79 Å². The zero-order chi connectivity index (χ0) is 23.8. The van der Waals surface area contributed by atoms with Gasteiger partial charge >= 0.3 is 0 Å². The Bertz CT molecular complexity index is 1810. The van der Waals surface area contributed by atoms with Crippen molar-refractivity contribution in [2.45, 2.75) is 6.92 Å². The van der Waals surface area contributed by atoms with Gasteiger partial charge < -0.3 is 51.0 Å². The van der Waals surface area contributed by atoms with E-state index in [1.165, 1.54) is 54.2 Å². The Morgan fingerprint density at radius 3 is 1.86 bits per heavy atom. The number of hydrogen-bond donors (Lipinski definition) is 0. The normalized spacial score (nSPS) is 10.8. The van der Waals surface area contributed by atoms with Crippen LogP contribution in [0.2, 0.25) is 0 Å². The maximum Gasteiger partial charge on any atom is 0.105 e. The Labute approximate surface area is 221 Å². The first-order valence-electron chi connectivity index (χ1n) is 11.9. The third-order valence-corrected chi connectivity index (χ3v) is 6.75. The molecule has 1 nitrogen and oxygen atoms in total. The van der Waals surface area contributed by atoms with Crippen LogP contribution in [0.5, 0.6) is 0 Å². The summed E-state index contributed by atoms with van der Waals surface area (Å²) in [7, 11) is 0. The fourth-order valence-electron chi connectivity index (χ4n) is 5.02. The predicted molar refractivity (Wildman–Crippen MR) is 150 cm³/mol. The molecule has 36 heavy (non-hydrogen) atoms. The Kier molecular flexibility index (Phi) is 6.57. The molecular formula is C34H24FeO-6. The second-order valence-electron chi connectivity index (χ2n) is 8.96. The number of Topliss-reactive ketones (excluding diaryl/α,β-unsaturated/α-hetero) is 1. The summed E-state index contributed by atoms with van der Waals surface area (Å²) in [6, 6.07) is 44.9. The van der Waals surface area contributed by atoms with E-state index in [2.05, 4.69) is 103 Å². The van der Waals surface area contributed by atoms with Gasteiger partial charge in [-0.15, -0.1) is 10.8 Å². The van der Waals surface area contributed by atoms with Gasteiger partial charge in [0.1, 0.15) is 5.78 Å². The molecule has 0 atom stereocenters. The van der Waals surface area contributed by atoms with Crippen LogP contribution in [0.1, 0.15) is 17.3 Å². The zero-order valence-corrected chi connectivity index (χ0v) is 21.0. The van der Waals surface area contributed by atoms with E-state index in [4.69, 9.17) is 0 Å². The van der Waals surface area contributed by atoms with Crippen molar-refractivity contribution >= 4 is 48.9 Å². The number of carbonyl (C=O) groups is 1. The van der Waals surface area contributed by atoms with Gasteiger partial charge in [-0.05, 0) is 40.6 Å². The summed E-state index contributed by atoms with van der Waals surface area (Å²) in [5.41, 5.74) is 3.42. The van der Waals surface area contributed by atoms with Crippen molar-refractivity contribution < 1.29 is 21.9 Å². The monoisotopic (exact) mass is 504 g/mol. The molecule has 0 heterocycles. The average molecular weight is 504 g/mol. The van der Waals surface area contributed by atoms with E-state index in [0.717, 1.165) is 5.56 Å². The van der Waals surface area contributed by atoms with Crippen LogP contribution in [0.15, 0.2) is 127 Å². The van der Waals surface area contributed by atoms with E-state index in [0.29, 0.717) is 0 Å². The summed E-state index contributed by atoms with van der Waals surface area (Å²) in [5.74, 6) is 0.134. The number of carbonyl (C=O) groups excluding carboxylic acids is 1. The largest absolute Gasteiger partial charge is 0.641 e. The third kappa shape index (κ3) is 4.26. The van der Waals surface area contributed by atoms with Crippen LogP contribution < -0.4 is 0 Å². The molecule has 0 N–H and O–H groups in total. The molecule has 2 heteroatoms. The molecule has 0 amide bonds. The predicted octanol–water partition coefficient (Wildman–Crippen LogP) is 9.29. The molecule has 0 radical (unpaired) electrons. The van der Waals surface area contributed by atoms with Gasteiger partial charge in [0, 0.05) is 17.1 Å². The van der Waals surface area contributed by atoms with Crippen molar-refractivity contribution in [2.75, 3.05) is 0 Å². The minimum Gasteiger partial charge on any atom is -0.641 e. The van der Waals surface area contributed by atoms with E-state index < -0.39 is 0 Å². The van der Waals surface area contributed by atoms with Crippen LogP contribution in [0.4, 0.5) is 0 Å². The third-order valence-electron chi connectivity index (χ3n) is 6.75. The van der Waals surface area contributed by atoms with Crippen molar-refractivity contribution in [1.82, 2.24) is 0 Å². The Balaban J connectivity index is 0.000000256. The Morgan fingerprint density at radius 1 is 0.611 bits per heavy atom. The summed E-state index contributed by atoms with van der Waals surface area (Å²) < 4.78 is 0. The van der Waals surface area contributed by atoms with Crippen LogP contribution in [0, 0.1) is 0 Å². The maximum absolute atomic E-state index is 10.5. The topological polar surface area (TPSA) is 17.1 Å². The first-order chi connectivity index (χ1) is 17.2. The average Bonchev–Trinajstić information content (AvgIpc) is 3.62. The molecule has 180 valence electrons. The standard InChI is InChI=1S/C27H17.C7H7O.Fe/c1-2-8-18(7-1)27-23-12-6-5-11-21(23)17-26-24(27)14-13-22-15-19-9-3-4-10-20(19)16-25(22)26;1-6(8)7-4-2-3-5-7;/h1-17H;2-5H,1H3;/q-5;-1;. The molecule has 0 aliphatic rings. The fraction of sp³-hybridized carbons (Fsp3) is 0.0294. The number of fused-ring (bicyclic) bond motifs is 5. The van der Waals surface area contributed by atoms with Gasteiger partial charge in [-0.3, -0.25) is 0 Å². The van der Waals surface area contributed by atoms with Crippen LogP contribution >= 0.6 is 0 Å². The maximum atomic E-state index is 10.5. The Hall–Kier alpha value is -3.97. The first-order valence-corrected chi connectivity index (χ1v) is 11.9. The van der Waals surface area contributed by atoms with E-state index in [1.807, 2.05) is 24.3 Å². The summed E-state index contributed by atoms with van der Waals surface area (Å²) in [6.45, 7) is 1.56. The molecule has 7 rings (SSSR count). The van der Waals surface area contributed by atoms with Gasteiger partial charge in [0.25, 0.3) is 0 Å². The fourth-order valence-corrected chi connectivity index (χ4v) is 5.02. The molecule has 0 unspecified atom stereocenters. The summed E-state index contributed by atoms with van der Waals surface area (Å²) in [4.78, 5) is 10.5. The summed E-state index contributed by atoms with van der Waals surface area (Å²) >= 11 is 0. The molecule has 0 fully saturated rings. The van der Waals surface area contributed by atoms with Crippen LogP contribution in [0.25, 0.3) is 54.2 Å². The van der Waals surface area contributed by atoms with Gasteiger partial charge in [-0.25, -0.2) is 12.1 Å². The van der Waals surface area contributed by atoms with Crippen LogP contribution in [-0.4, -0.2) is 5.78 Å².